The number of nitrogens with one attached hydrogen (secondary N) is 1. The molecule has 6 heteroatoms. The Morgan fingerprint density at radius 1 is 1.35 bits per heavy atom. The first kappa shape index (κ1) is 19.2. The van der Waals surface area contributed by atoms with E-state index in [-0.39, 0.29) is 24.0 Å². The molecule has 0 amide bonds. The van der Waals surface area contributed by atoms with Gasteiger partial charge in [0.2, 0.25) is 0 Å². The Hall–Kier alpha value is -0.0800. The molecule has 0 bridgehead atoms. The Morgan fingerprint density at radius 3 is 2.91 bits per heavy atom. The zero-order valence-corrected chi connectivity index (χ0v) is 17.1. The normalized spacial score (nSPS) is 32.3. The molecule has 3 saturated heterocycles. The molecule has 0 aromatic carbocycles. The van der Waals surface area contributed by atoms with Gasteiger partial charge in [0.25, 0.3) is 0 Å². The highest BCUT2D eigenvalue weighted by atomic mass is 127. The summed E-state index contributed by atoms with van der Waals surface area (Å²) in [5.41, 5.74) is 0.404. The molecule has 0 aliphatic carbocycles. The predicted octanol–water partition coefficient (Wildman–Crippen LogP) is 2.02. The summed E-state index contributed by atoms with van der Waals surface area (Å²) in [6.45, 7) is 11.1. The molecule has 1 N–H and O–H groups in total. The monoisotopic (exact) mass is 436 g/mol. The Bertz CT molecular complexity index is 398. The summed E-state index contributed by atoms with van der Waals surface area (Å²) in [7, 11) is 1.91. The lowest BCUT2D eigenvalue weighted by molar-refractivity contribution is 0.156. The standard InChI is InChI=1S/C17H32N4O.HI/c1-3-20-8-4-5-15(12-20)11-19-16(18-2)21-9-6-17(13-21)7-10-22-14-17;/h15H,3-14H2,1-2H3,(H,18,19);1H. The summed E-state index contributed by atoms with van der Waals surface area (Å²) < 4.78 is 5.63. The molecule has 3 aliphatic heterocycles. The first-order valence-corrected chi connectivity index (χ1v) is 9.00. The second-order valence-electron chi connectivity index (χ2n) is 7.30. The van der Waals surface area contributed by atoms with Gasteiger partial charge in [-0.25, -0.2) is 0 Å². The highest BCUT2D eigenvalue weighted by Gasteiger charge is 2.42. The predicted molar refractivity (Wildman–Crippen MR) is 106 cm³/mol. The van der Waals surface area contributed by atoms with Crippen LogP contribution in [0.4, 0.5) is 0 Å². The van der Waals surface area contributed by atoms with Crippen LogP contribution in [0.15, 0.2) is 4.99 Å². The molecule has 0 saturated carbocycles. The number of likely N-dealkylation sites (tertiary alicyclic amines) is 2. The summed E-state index contributed by atoms with van der Waals surface area (Å²) in [6, 6.07) is 0. The fourth-order valence-corrected chi connectivity index (χ4v) is 4.26. The van der Waals surface area contributed by atoms with E-state index in [0.29, 0.717) is 5.41 Å². The number of nitrogens with zero attached hydrogens (tertiary/aromatic N) is 3. The lowest BCUT2D eigenvalue weighted by Crippen LogP contribution is -2.46. The van der Waals surface area contributed by atoms with Gasteiger partial charge < -0.3 is 19.9 Å². The van der Waals surface area contributed by atoms with E-state index in [2.05, 4.69) is 27.0 Å². The number of hydrogen-bond donors (Lipinski definition) is 1. The van der Waals surface area contributed by atoms with E-state index in [9.17, 15) is 0 Å². The van der Waals surface area contributed by atoms with Gasteiger partial charge in [0.1, 0.15) is 0 Å². The number of ether oxygens (including phenoxy) is 1. The number of hydrogen-bond acceptors (Lipinski definition) is 3. The molecular weight excluding hydrogens is 403 g/mol. The number of guanidine groups is 1. The molecule has 0 aromatic rings. The van der Waals surface area contributed by atoms with Crippen molar-refractivity contribution in [3.8, 4) is 0 Å². The van der Waals surface area contributed by atoms with Crippen LogP contribution < -0.4 is 5.32 Å². The van der Waals surface area contributed by atoms with Gasteiger partial charge in [0, 0.05) is 45.2 Å². The van der Waals surface area contributed by atoms with Gasteiger partial charge in [-0.3, -0.25) is 4.99 Å². The van der Waals surface area contributed by atoms with E-state index in [1.807, 2.05) is 7.05 Å². The topological polar surface area (TPSA) is 40.1 Å². The van der Waals surface area contributed by atoms with E-state index in [4.69, 9.17) is 4.74 Å². The van der Waals surface area contributed by atoms with Crippen LogP contribution in [0.3, 0.4) is 0 Å². The van der Waals surface area contributed by atoms with Crippen LogP contribution in [0.5, 0.6) is 0 Å². The van der Waals surface area contributed by atoms with Crippen LogP contribution in [-0.2, 0) is 4.74 Å². The van der Waals surface area contributed by atoms with E-state index in [0.717, 1.165) is 44.7 Å². The number of aliphatic imine (C=N–C) groups is 1. The van der Waals surface area contributed by atoms with Gasteiger partial charge in [0.15, 0.2) is 5.96 Å². The molecule has 3 aliphatic rings. The van der Waals surface area contributed by atoms with Gasteiger partial charge in [-0.2, -0.15) is 0 Å². The molecule has 0 radical (unpaired) electrons. The average Bonchev–Trinajstić information content (AvgIpc) is 3.19. The molecular formula is C17H33IN4O. The van der Waals surface area contributed by atoms with Gasteiger partial charge in [-0.05, 0) is 44.7 Å². The maximum atomic E-state index is 5.63. The maximum absolute atomic E-state index is 5.63. The minimum Gasteiger partial charge on any atom is -0.381 e. The fourth-order valence-electron chi connectivity index (χ4n) is 4.26. The van der Waals surface area contributed by atoms with Crippen LogP contribution in [0.1, 0.15) is 32.6 Å². The van der Waals surface area contributed by atoms with Crippen LogP contribution in [0.25, 0.3) is 0 Å². The van der Waals surface area contributed by atoms with Crippen LogP contribution in [0.2, 0.25) is 0 Å². The largest absolute Gasteiger partial charge is 0.381 e. The summed E-state index contributed by atoms with van der Waals surface area (Å²) in [5.74, 6) is 1.86. The fraction of sp³-hybridized carbons (Fsp3) is 0.941. The zero-order chi connectivity index (χ0) is 15.4. The van der Waals surface area contributed by atoms with E-state index >= 15 is 0 Å². The minimum absolute atomic E-state index is 0. The Morgan fingerprint density at radius 2 is 2.22 bits per heavy atom. The zero-order valence-electron chi connectivity index (χ0n) is 14.7. The lowest BCUT2D eigenvalue weighted by Gasteiger charge is -2.33. The Kier molecular flexibility index (Phi) is 7.41. The first-order chi connectivity index (χ1) is 10.7. The minimum atomic E-state index is 0. The summed E-state index contributed by atoms with van der Waals surface area (Å²) >= 11 is 0. The van der Waals surface area contributed by atoms with E-state index < -0.39 is 0 Å². The third-order valence-electron chi connectivity index (χ3n) is 5.73. The van der Waals surface area contributed by atoms with Crippen molar-refractivity contribution in [2.75, 3.05) is 59.5 Å². The highest BCUT2D eigenvalue weighted by molar-refractivity contribution is 14.0. The Balaban J connectivity index is 0.00000192. The molecule has 134 valence electrons. The average molecular weight is 436 g/mol. The third kappa shape index (κ3) is 4.72. The van der Waals surface area contributed by atoms with Gasteiger partial charge in [-0.1, -0.05) is 6.92 Å². The van der Waals surface area contributed by atoms with E-state index in [1.165, 1.54) is 45.3 Å². The number of piperidine rings is 1. The van der Waals surface area contributed by atoms with Crippen LogP contribution in [0, 0.1) is 11.3 Å². The molecule has 23 heavy (non-hydrogen) atoms. The second kappa shape index (κ2) is 8.85. The lowest BCUT2D eigenvalue weighted by atomic mass is 9.87. The summed E-state index contributed by atoms with van der Waals surface area (Å²) in [4.78, 5) is 9.53. The summed E-state index contributed by atoms with van der Waals surface area (Å²) in [5, 5.41) is 3.64. The quantitative estimate of drug-likeness (QED) is 0.418. The molecule has 3 fully saturated rings. The van der Waals surface area contributed by atoms with Crippen molar-refractivity contribution in [2.24, 2.45) is 16.3 Å². The van der Waals surface area contributed by atoms with Crippen molar-refractivity contribution in [1.82, 2.24) is 15.1 Å². The molecule has 5 nitrogen and oxygen atoms in total. The Labute approximate surface area is 158 Å². The second-order valence-corrected chi connectivity index (χ2v) is 7.30. The summed E-state index contributed by atoms with van der Waals surface area (Å²) in [6.07, 6.45) is 5.15. The number of halogens is 1. The van der Waals surface area contributed by atoms with Crippen LogP contribution in [-0.4, -0.2) is 75.3 Å². The van der Waals surface area contributed by atoms with E-state index in [1.54, 1.807) is 0 Å². The number of rotatable bonds is 3. The third-order valence-corrected chi connectivity index (χ3v) is 5.73. The highest BCUT2D eigenvalue weighted by Crippen LogP contribution is 2.38. The van der Waals surface area contributed by atoms with Gasteiger partial charge in [0.05, 0.1) is 6.61 Å². The van der Waals surface area contributed by atoms with Crippen molar-refractivity contribution >= 4 is 29.9 Å². The molecule has 1 spiro atoms. The molecule has 2 atom stereocenters. The van der Waals surface area contributed by atoms with Crippen molar-refractivity contribution in [1.29, 1.82) is 0 Å². The molecule has 3 rings (SSSR count). The van der Waals surface area contributed by atoms with Crippen LogP contribution >= 0.6 is 24.0 Å². The first-order valence-electron chi connectivity index (χ1n) is 9.00. The van der Waals surface area contributed by atoms with Gasteiger partial charge in [-0.15, -0.1) is 24.0 Å². The van der Waals surface area contributed by atoms with Crippen molar-refractivity contribution < 1.29 is 4.74 Å². The van der Waals surface area contributed by atoms with Gasteiger partial charge >= 0.3 is 0 Å². The van der Waals surface area contributed by atoms with Crippen molar-refractivity contribution in [3.63, 3.8) is 0 Å². The smallest absolute Gasteiger partial charge is 0.193 e. The maximum Gasteiger partial charge on any atom is 0.193 e. The molecule has 2 unspecified atom stereocenters. The van der Waals surface area contributed by atoms with Crippen molar-refractivity contribution in [3.05, 3.63) is 0 Å². The van der Waals surface area contributed by atoms with Crippen molar-refractivity contribution in [2.45, 2.75) is 32.6 Å². The molecule has 3 heterocycles. The molecule has 0 aromatic heterocycles. The SMILES string of the molecule is CCN1CCCC(CNC(=NC)N2CCC3(CCOC3)C2)C1.I.